The van der Waals surface area contributed by atoms with E-state index in [0.717, 1.165) is 10.6 Å². The van der Waals surface area contributed by atoms with E-state index in [1.54, 1.807) is 0 Å². The average Bonchev–Trinajstić information content (AvgIpc) is 2.31. The van der Waals surface area contributed by atoms with Crippen LogP contribution in [0.25, 0.3) is 0 Å². The lowest BCUT2D eigenvalue weighted by atomic mass is 10.4. The molecule has 0 amide bonds. The van der Waals surface area contributed by atoms with E-state index in [1.165, 1.54) is 0 Å². The van der Waals surface area contributed by atoms with Crippen molar-refractivity contribution in [3.63, 3.8) is 0 Å². The van der Waals surface area contributed by atoms with Gasteiger partial charge in [0, 0.05) is 0 Å². The van der Waals surface area contributed by atoms with Crippen molar-refractivity contribution in [2.75, 3.05) is 0 Å². The van der Waals surface area contributed by atoms with Crippen molar-refractivity contribution < 1.29 is 0 Å². The Balaban J connectivity index is 2.50. The lowest BCUT2D eigenvalue weighted by Gasteiger charge is -2.35. The summed E-state index contributed by atoms with van der Waals surface area (Å²) < 4.78 is 0. The molecule has 0 spiro atoms. The molecule has 0 heterocycles. The number of hydrogen-bond acceptors (Lipinski definition) is 0. The van der Waals surface area contributed by atoms with Crippen LogP contribution in [0.15, 0.2) is 60.7 Å². The van der Waals surface area contributed by atoms with Gasteiger partial charge >= 0.3 is 0 Å². The monoisotopic (exact) mass is 210 g/mol. The van der Waals surface area contributed by atoms with Crippen LogP contribution in [0.5, 0.6) is 0 Å². The summed E-state index contributed by atoms with van der Waals surface area (Å²) in [5.41, 5.74) is 0. The third kappa shape index (κ3) is 2.08. The highest BCUT2D eigenvalue weighted by Crippen LogP contribution is 2.36. The summed E-state index contributed by atoms with van der Waals surface area (Å²) in [6.07, 6.45) is 4.20. The van der Waals surface area contributed by atoms with Gasteiger partial charge in [0.2, 0.25) is 0 Å². The highest BCUT2D eigenvalue weighted by molar-refractivity contribution is 8.06. The van der Waals surface area contributed by atoms with Crippen LogP contribution in [0.4, 0.5) is 0 Å². The summed E-state index contributed by atoms with van der Waals surface area (Å²) in [7, 11) is 6.36. The molecule has 0 unspecified atom stereocenters. The minimum absolute atomic E-state index is 1.14. The summed E-state index contributed by atoms with van der Waals surface area (Å²) in [6.45, 7) is -1.90. The molecule has 2 aromatic carbocycles. The van der Waals surface area contributed by atoms with Crippen LogP contribution in [0.3, 0.4) is 0 Å². The predicted octanol–water partition coefficient (Wildman–Crippen LogP) is 2.17. The highest BCUT2D eigenvalue weighted by Gasteiger charge is 2.00. The Bertz CT molecular complexity index is 433. The van der Waals surface area contributed by atoms with Gasteiger partial charge in [0.15, 0.2) is 0 Å². The van der Waals surface area contributed by atoms with Crippen LogP contribution < -0.4 is 10.6 Å². The molecule has 0 fully saturated rings. The quantitative estimate of drug-likeness (QED) is 0.526. The minimum atomic E-state index is -1.90. The average molecular weight is 210 g/mol. The fourth-order valence-corrected chi connectivity index (χ4v) is 3.24. The van der Waals surface area contributed by atoms with E-state index in [2.05, 4.69) is 6.30 Å². The number of rotatable bonds is 2. The third-order valence-corrected chi connectivity index (χ3v) is 4.87. The number of hydrogen-bond donors (Lipinski definition) is 0. The van der Waals surface area contributed by atoms with Gasteiger partial charge in [-0.1, -0.05) is 71.3 Å². The molecule has 0 aliphatic carbocycles. The molecule has 0 bridgehead atoms. The summed E-state index contributed by atoms with van der Waals surface area (Å²) in [6, 6.07) is 20.2. The van der Waals surface area contributed by atoms with Crippen molar-refractivity contribution in [1.82, 2.24) is 0 Å². The Kier molecular flexibility index (Phi) is 2.84. The zero-order chi connectivity index (χ0) is 10.7. The second-order valence-corrected chi connectivity index (χ2v) is 6.31. The molecule has 73 valence electrons. The molecule has 0 saturated carbocycles. The summed E-state index contributed by atoms with van der Waals surface area (Å²) in [5, 5.41) is 2.27. The largest absolute Gasteiger partial charge is 0.564 e. The Hall–Kier alpha value is -1.20. The molecule has 0 N–H and O–H groups in total. The van der Waals surface area contributed by atoms with Crippen molar-refractivity contribution in [2.45, 2.75) is 0 Å². The molecule has 0 aromatic heterocycles. The van der Waals surface area contributed by atoms with Crippen LogP contribution in [0, 0.1) is 0 Å². The fourth-order valence-electron chi connectivity index (χ4n) is 1.54. The minimum Gasteiger partial charge on any atom is -0.564 e. The summed E-state index contributed by atoms with van der Waals surface area (Å²) >= 11 is 0. The highest BCUT2D eigenvalue weighted by atomic mass is 31.2. The molecule has 2 aromatic rings. The van der Waals surface area contributed by atoms with Crippen LogP contribution in [0.2, 0.25) is 0 Å². The van der Waals surface area contributed by atoms with E-state index in [0.29, 0.717) is 0 Å². The molecule has 0 aliphatic rings. The van der Waals surface area contributed by atoms with E-state index in [4.69, 9.17) is 7.57 Å². The van der Waals surface area contributed by atoms with Crippen molar-refractivity contribution in [2.24, 2.45) is 0 Å². The Morgan fingerprint density at radius 2 is 1.07 bits per heavy atom. The first-order valence-electron chi connectivity index (χ1n) is 4.84. The van der Waals surface area contributed by atoms with Crippen LogP contribution in [-0.4, -0.2) is 13.9 Å². The van der Waals surface area contributed by atoms with Gasteiger partial charge in [0.1, 0.15) is 0 Å². The molecule has 15 heavy (non-hydrogen) atoms. The SMILES string of the molecule is [B-]P(=C)(c1ccccc1)c1ccccc1. The maximum atomic E-state index is 6.36. The van der Waals surface area contributed by atoms with Gasteiger partial charge in [0.05, 0.1) is 0 Å². The van der Waals surface area contributed by atoms with Gasteiger partial charge in [0.25, 0.3) is 0 Å². The van der Waals surface area contributed by atoms with Crippen molar-refractivity contribution in [3.05, 3.63) is 60.7 Å². The molecule has 2 heteroatoms. The Morgan fingerprint density at radius 1 is 0.733 bits per heavy atom. The zero-order valence-corrected chi connectivity index (χ0v) is 9.40. The first-order chi connectivity index (χ1) is 7.21. The van der Waals surface area contributed by atoms with E-state index in [9.17, 15) is 0 Å². The second-order valence-electron chi connectivity index (χ2n) is 3.54. The molecule has 2 rings (SSSR count). The normalized spacial score (nSPS) is 11.3. The van der Waals surface area contributed by atoms with Gasteiger partial charge in [-0.25, -0.2) is 0 Å². The first kappa shape index (κ1) is 10.3. The van der Waals surface area contributed by atoms with E-state index in [1.807, 2.05) is 60.7 Å². The van der Waals surface area contributed by atoms with Gasteiger partial charge in [-0.2, -0.15) is 0 Å². The maximum absolute atomic E-state index is 6.36. The molecule has 0 nitrogen and oxygen atoms in total. The predicted molar refractivity (Wildman–Crippen MR) is 71.9 cm³/mol. The molecule has 0 saturated heterocycles. The number of benzene rings is 2. The van der Waals surface area contributed by atoms with Crippen LogP contribution in [0.1, 0.15) is 0 Å². The van der Waals surface area contributed by atoms with E-state index in [-0.39, 0.29) is 0 Å². The van der Waals surface area contributed by atoms with Gasteiger partial charge < -0.3 is 7.57 Å². The third-order valence-electron chi connectivity index (χ3n) is 2.43. The molecule has 0 aliphatic heterocycles. The summed E-state index contributed by atoms with van der Waals surface area (Å²) in [4.78, 5) is 0. The first-order valence-corrected chi connectivity index (χ1v) is 6.89. The van der Waals surface area contributed by atoms with Crippen molar-refractivity contribution >= 4 is 31.2 Å². The van der Waals surface area contributed by atoms with E-state index < -0.39 is 6.76 Å². The molecule has 3 radical (unpaired) electrons. The van der Waals surface area contributed by atoms with Crippen LogP contribution in [-0.2, 0) is 0 Å². The van der Waals surface area contributed by atoms with Gasteiger partial charge in [-0.3, -0.25) is 6.76 Å². The molecule has 0 atom stereocenters. The van der Waals surface area contributed by atoms with Crippen molar-refractivity contribution in [1.29, 1.82) is 0 Å². The standard InChI is InChI=1S/C13H12BP/c1-15(14,12-8-4-2-5-9-12)13-10-6-3-7-11-13/h2-11H,1H2/q-1. The fraction of sp³-hybridized carbons (Fsp3) is 0. The lowest BCUT2D eigenvalue weighted by Crippen LogP contribution is -2.15. The van der Waals surface area contributed by atoms with Crippen LogP contribution >= 0.6 is 6.76 Å². The van der Waals surface area contributed by atoms with Gasteiger partial charge in [-0.05, 0) is 0 Å². The second kappa shape index (κ2) is 4.12. The Morgan fingerprint density at radius 3 is 1.40 bits per heavy atom. The zero-order valence-electron chi connectivity index (χ0n) is 8.51. The topological polar surface area (TPSA) is 0 Å². The smallest absolute Gasteiger partial charge is 0.0578 e. The summed E-state index contributed by atoms with van der Waals surface area (Å²) in [5.74, 6) is 0. The van der Waals surface area contributed by atoms with Crippen molar-refractivity contribution in [3.8, 4) is 0 Å². The van der Waals surface area contributed by atoms with E-state index >= 15 is 0 Å². The lowest BCUT2D eigenvalue weighted by molar-refractivity contribution is 1.76. The molecular formula is C13H12BP-. The maximum Gasteiger partial charge on any atom is -0.0578 e. The Labute approximate surface area is 92.3 Å². The molecular weight excluding hydrogens is 198 g/mol. The van der Waals surface area contributed by atoms with Gasteiger partial charge in [-0.15, -0.1) is 6.30 Å².